The van der Waals surface area contributed by atoms with Crippen LogP contribution in [-0.2, 0) is 23.1 Å². The van der Waals surface area contributed by atoms with Crippen molar-refractivity contribution in [3.63, 3.8) is 0 Å². The summed E-state index contributed by atoms with van der Waals surface area (Å²) in [7, 11) is 0. The number of rotatable bonds is 8. The monoisotopic (exact) mass is 554 g/mol. The number of hydrogen-bond acceptors (Lipinski definition) is 7. The van der Waals surface area contributed by atoms with Gasteiger partial charge in [-0.05, 0) is 92.5 Å². The Hall–Kier alpha value is -4.56. The van der Waals surface area contributed by atoms with Crippen LogP contribution in [0.15, 0.2) is 36.4 Å². The molecule has 6 N–H and O–H groups in total. The number of fused-ring (bicyclic) bond motifs is 2. The van der Waals surface area contributed by atoms with E-state index in [-0.39, 0.29) is 24.5 Å². The minimum Gasteiger partial charge on any atom is -0.366 e. The summed E-state index contributed by atoms with van der Waals surface area (Å²) in [5, 5.41) is 20.4. The first-order valence-electron chi connectivity index (χ1n) is 13.8. The van der Waals surface area contributed by atoms with E-state index in [0.29, 0.717) is 55.0 Å². The SMILES string of the molecule is Cc1nc(C2(C[C@H](C)NCC(=O)N3CCC[C@H]3C#N)c3ccc(C(N)=O)cc3CCc3cc(C(N)=O)ccc32)n[nH]1. The highest BCUT2D eigenvalue weighted by Gasteiger charge is 2.45. The van der Waals surface area contributed by atoms with Crippen LogP contribution < -0.4 is 16.8 Å². The molecule has 11 nitrogen and oxygen atoms in total. The third-order valence-corrected chi connectivity index (χ3v) is 8.28. The number of benzene rings is 2. The molecule has 1 aliphatic heterocycles. The highest BCUT2D eigenvalue weighted by Crippen LogP contribution is 2.47. The second-order valence-corrected chi connectivity index (χ2v) is 11.0. The molecule has 2 heterocycles. The molecular weight excluding hydrogens is 520 g/mol. The lowest BCUT2D eigenvalue weighted by Crippen LogP contribution is -2.45. The lowest BCUT2D eigenvalue weighted by molar-refractivity contribution is -0.130. The zero-order valence-electron chi connectivity index (χ0n) is 23.2. The zero-order chi connectivity index (χ0) is 29.3. The van der Waals surface area contributed by atoms with Crippen LogP contribution in [0.1, 0.15) is 80.8 Å². The van der Waals surface area contributed by atoms with Crippen molar-refractivity contribution in [3.8, 4) is 6.07 Å². The number of nitrogens with two attached hydrogens (primary N) is 2. The second-order valence-electron chi connectivity index (χ2n) is 11.0. The Morgan fingerprint density at radius 2 is 1.73 bits per heavy atom. The molecule has 1 fully saturated rings. The third kappa shape index (κ3) is 5.18. The lowest BCUT2D eigenvalue weighted by Gasteiger charge is -2.37. The van der Waals surface area contributed by atoms with Gasteiger partial charge in [0.1, 0.15) is 11.9 Å². The lowest BCUT2D eigenvalue weighted by atomic mass is 9.67. The fraction of sp³-hybridized carbons (Fsp3) is 0.400. The van der Waals surface area contributed by atoms with Crippen molar-refractivity contribution in [1.29, 1.82) is 5.26 Å². The normalized spacial score (nSPS) is 18.1. The molecule has 0 saturated carbocycles. The number of nitriles is 1. The molecule has 2 aliphatic rings. The van der Waals surface area contributed by atoms with Crippen LogP contribution in [0.25, 0.3) is 0 Å². The zero-order valence-corrected chi connectivity index (χ0v) is 23.2. The summed E-state index contributed by atoms with van der Waals surface area (Å²) in [5.41, 5.74) is 14.9. The minimum absolute atomic E-state index is 0.0867. The van der Waals surface area contributed by atoms with Gasteiger partial charge in [-0.15, -0.1) is 0 Å². The number of primary amides is 2. The molecule has 41 heavy (non-hydrogen) atoms. The smallest absolute Gasteiger partial charge is 0.248 e. The number of carbonyl (C=O) groups is 3. The maximum absolute atomic E-state index is 13.0. The van der Waals surface area contributed by atoms with E-state index in [1.807, 2.05) is 38.1 Å². The summed E-state index contributed by atoms with van der Waals surface area (Å²) in [6.07, 6.45) is 3.18. The van der Waals surface area contributed by atoms with E-state index in [1.165, 1.54) is 0 Å². The van der Waals surface area contributed by atoms with Crippen molar-refractivity contribution >= 4 is 17.7 Å². The molecule has 0 unspecified atom stereocenters. The first-order chi connectivity index (χ1) is 19.6. The van der Waals surface area contributed by atoms with Crippen LogP contribution >= 0.6 is 0 Å². The average Bonchev–Trinajstić information content (AvgIpc) is 3.60. The predicted octanol–water partition coefficient (Wildman–Crippen LogP) is 1.63. The Kier molecular flexibility index (Phi) is 7.60. The van der Waals surface area contributed by atoms with Gasteiger partial charge in [0, 0.05) is 23.7 Å². The van der Waals surface area contributed by atoms with Gasteiger partial charge < -0.3 is 21.7 Å². The van der Waals surface area contributed by atoms with Crippen LogP contribution in [0.3, 0.4) is 0 Å². The molecule has 1 aromatic heterocycles. The maximum Gasteiger partial charge on any atom is 0.248 e. The molecule has 11 heteroatoms. The van der Waals surface area contributed by atoms with E-state index in [2.05, 4.69) is 21.6 Å². The standard InChI is InChI=1S/C30H34N8O3/c1-17(34-16-26(39)38-11-3-4-23(38)15-31)14-30(29-35-18(2)36-37-29)24-9-7-21(27(32)40)12-19(24)5-6-20-13-22(28(33)41)8-10-25(20)30/h7-10,12-13,17,23,34H,3-6,11,14,16H2,1-2H3,(H2,32,40)(H2,33,41)(H,35,36,37)/t17-,23-/m0/s1. The summed E-state index contributed by atoms with van der Waals surface area (Å²) < 4.78 is 0. The molecule has 212 valence electrons. The number of H-pyrrole nitrogens is 1. The van der Waals surface area contributed by atoms with Crippen LogP contribution in [-0.4, -0.2) is 63.0 Å². The van der Waals surface area contributed by atoms with Gasteiger partial charge in [-0.2, -0.15) is 10.4 Å². The molecule has 2 aromatic carbocycles. The van der Waals surface area contributed by atoms with E-state index in [1.54, 1.807) is 17.0 Å². The predicted molar refractivity (Wildman–Crippen MR) is 151 cm³/mol. The number of likely N-dealkylation sites (tertiary alicyclic amines) is 1. The number of hydrogen-bond donors (Lipinski definition) is 4. The van der Waals surface area contributed by atoms with Gasteiger partial charge in [0.15, 0.2) is 5.82 Å². The summed E-state index contributed by atoms with van der Waals surface area (Å²) in [6, 6.07) is 12.5. The largest absolute Gasteiger partial charge is 0.366 e. The van der Waals surface area contributed by atoms with Gasteiger partial charge in [0.2, 0.25) is 17.7 Å². The minimum atomic E-state index is -0.892. The number of amides is 3. The first kappa shape index (κ1) is 28.0. The van der Waals surface area contributed by atoms with Crippen molar-refractivity contribution in [2.75, 3.05) is 13.1 Å². The number of aromatic nitrogens is 3. The molecule has 3 amide bonds. The van der Waals surface area contributed by atoms with Crippen molar-refractivity contribution in [2.24, 2.45) is 11.5 Å². The van der Waals surface area contributed by atoms with Gasteiger partial charge in [0.05, 0.1) is 18.0 Å². The number of nitrogens with one attached hydrogen (secondary N) is 2. The molecule has 2 atom stereocenters. The molecule has 1 aliphatic carbocycles. The molecule has 0 spiro atoms. The number of nitrogens with zero attached hydrogens (tertiary/aromatic N) is 4. The Morgan fingerprint density at radius 1 is 1.12 bits per heavy atom. The number of carbonyl (C=O) groups excluding carboxylic acids is 3. The Morgan fingerprint density at radius 3 is 2.24 bits per heavy atom. The summed E-state index contributed by atoms with van der Waals surface area (Å²) in [5.74, 6) is 0.0402. The van der Waals surface area contributed by atoms with Gasteiger partial charge in [-0.1, -0.05) is 12.1 Å². The van der Waals surface area contributed by atoms with E-state index in [9.17, 15) is 19.6 Å². The van der Waals surface area contributed by atoms with E-state index in [0.717, 1.165) is 28.7 Å². The van der Waals surface area contributed by atoms with Gasteiger partial charge in [-0.25, -0.2) is 4.98 Å². The fourth-order valence-corrected chi connectivity index (χ4v) is 6.33. The molecule has 0 radical (unpaired) electrons. The van der Waals surface area contributed by atoms with Gasteiger partial charge in [0.25, 0.3) is 0 Å². The Bertz CT molecular complexity index is 1490. The van der Waals surface area contributed by atoms with Crippen molar-refractivity contribution in [3.05, 3.63) is 81.4 Å². The quantitative estimate of drug-likeness (QED) is 0.326. The summed E-state index contributed by atoms with van der Waals surface area (Å²) >= 11 is 0. The van der Waals surface area contributed by atoms with Gasteiger partial charge >= 0.3 is 0 Å². The highest BCUT2D eigenvalue weighted by atomic mass is 16.2. The Labute approximate surface area is 238 Å². The molecule has 5 rings (SSSR count). The topological polar surface area (TPSA) is 184 Å². The van der Waals surface area contributed by atoms with Crippen LogP contribution in [0, 0.1) is 18.3 Å². The molecule has 1 saturated heterocycles. The van der Waals surface area contributed by atoms with Crippen LogP contribution in [0.2, 0.25) is 0 Å². The fourth-order valence-electron chi connectivity index (χ4n) is 6.33. The van der Waals surface area contributed by atoms with Crippen LogP contribution in [0.5, 0.6) is 0 Å². The number of aryl methyl sites for hydroxylation is 3. The maximum atomic E-state index is 13.0. The van der Waals surface area contributed by atoms with Crippen molar-refractivity contribution in [2.45, 2.75) is 63.5 Å². The highest BCUT2D eigenvalue weighted by molar-refractivity contribution is 5.94. The molecular formula is C30H34N8O3. The van der Waals surface area contributed by atoms with Crippen molar-refractivity contribution in [1.82, 2.24) is 25.4 Å². The Balaban J connectivity index is 1.61. The van der Waals surface area contributed by atoms with Crippen molar-refractivity contribution < 1.29 is 14.4 Å². The summed E-state index contributed by atoms with van der Waals surface area (Å²) in [6.45, 7) is 4.50. The van der Waals surface area contributed by atoms with E-state index < -0.39 is 17.2 Å². The number of aromatic amines is 1. The summed E-state index contributed by atoms with van der Waals surface area (Å²) in [4.78, 5) is 43.7. The first-order valence-corrected chi connectivity index (χ1v) is 13.8. The second kappa shape index (κ2) is 11.1. The van der Waals surface area contributed by atoms with E-state index in [4.69, 9.17) is 16.5 Å². The van der Waals surface area contributed by atoms with Gasteiger partial charge in [-0.3, -0.25) is 19.5 Å². The molecule has 3 aromatic rings. The van der Waals surface area contributed by atoms with Crippen LogP contribution in [0.4, 0.5) is 0 Å². The third-order valence-electron chi connectivity index (χ3n) is 8.28. The average molecular weight is 555 g/mol. The molecule has 0 bridgehead atoms. The van der Waals surface area contributed by atoms with E-state index >= 15 is 0 Å².